The van der Waals surface area contributed by atoms with E-state index in [0.717, 1.165) is 13.3 Å². The summed E-state index contributed by atoms with van der Waals surface area (Å²) in [4.78, 5) is 32.9. The number of alkyl carbamates (subject to hydrolysis) is 1. The molecule has 0 saturated heterocycles. The Morgan fingerprint density at radius 2 is 2.00 bits per heavy atom. The van der Waals surface area contributed by atoms with Gasteiger partial charge in [-0.25, -0.2) is 9.59 Å². The van der Waals surface area contributed by atoms with Gasteiger partial charge in [0.2, 0.25) is 0 Å². The molecule has 0 aromatic rings. The van der Waals surface area contributed by atoms with Crippen LogP contribution in [0.25, 0.3) is 0 Å². The number of hydrogen-bond donors (Lipinski definition) is 3. The molecule has 0 fully saturated rings. The number of carbonyl (C=O) groups is 2. The Morgan fingerprint density at radius 3 is 2.41 bits per heavy atom. The molecule has 0 aromatic heterocycles. The molecule has 0 rings (SSSR count). The van der Waals surface area contributed by atoms with Crippen LogP contribution in [0, 0.1) is 15.5 Å². The van der Waals surface area contributed by atoms with Crippen LogP contribution < -0.4 is 10.6 Å². The molecular formula is C12H20N4O6. The molecule has 0 saturated carbocycles. The summed E-state index contributed by atoms with van der Waals surface area (Å²) in [6.07, 6.45) is 0.663. The minimum absolute atomic E-state index is 0.170. The van der Waals surface area contributed by atoms with Gasteiger partial charge in [-0.2, -0.15) is 0 Å². The van der Waals surface area contributed by atoms with Gasteiger partial charge in [-0.15, -0.1) is 0 Å². The summed E-state index contributed by atoms with van der Waals surface area (Å²) >= 11 is 0. The van der Waals surface area contributed by atoms with Crippen molar-refractivity contribution in [1.29, 1.82) is 5.41 Å². The van der Waals surface area contributed by atoms with E-state index in [1.54, 1.807) is 20.8 Å². The highest BCUT2D eigenvalue weighted by atomic mass is 16.6. The van der Waals surface area contributed by atoms with Gasteiger partial charge in [0.1, 0.15) is 11.6 Å². The number of allylic oxidation sites excluding steroid dienone is 1. The number of ether oxygens (including phenoxy) is 2. The van der Waals surface area contributed by atoms with Gasteiger partial charge in [0.25, 0.3) is 0 Å². The number of rotatable bonds is 7. The Bertz CT molecular complexity index is 469. The van der Waals surface area contributed by atoms with Crippen LogP contribution in [0.3, 0.4) is 0 Å². The maximum absolute atomic E-state index is 11.6. The highest BCUT2D eigenvalue weighted by Gasteiger charge is 2.24. The van der Waals surface area contributed by atoms with Crippen molar-refractivity contribution in [3.05, 3.63) is 22.0 Å². The van der Waals surface area contributed by atoms with Crippen LogP contribution in [-0.4, -0.2) is 48.5 Å². The van der Waals surface area contributed by atoms with Crippen LogP contribution in [-0.2, 0) is 14.3 Å². The molecule has 1 atom stereocenters. The second-order valence-electron chi connectivity index (χ2n) is 5.10. The summed E-state index contributed by atoms with van der Waals surface area (Å²) in [6.45, 7) is 4.81. The van der Waals surface area contributed by atoms with E-state index in [2.05, 4.69) is 15.4 Å². The minimum Gasteiger partial charge on any atom is -0.467 e. The molecule has 0 bridgehead atoms. The van der Waals surface area contributed by atoms with E-state index >= 15 is 0 Å². The molecule has 0 aliphatic carbocycles. The zero-order chi connectivity index (χ0) is 17.3. The summed E-state index contributed by atoms with van der Waals surface area (Å²) in [5.74, 6) is -0.746. The van der Waals surface area contributed by atoms with Crippen molar-refractivity contribution < 1.29 is 24.0 Å². The third-order valence-corrected chi connectivity index (χ3v) is 2.11. The predicted molar refractivity (Wildman–Crippen MR) is 77.0 cm³/mol. The SMILES string of the molecule is COC(=O)[C@H](CN/C=C(\C=N)[N+](=O)[O-])NC(=O)OC(C)(C)C. The number of carbonyl (C=O) groups excluding carboxylic acids is 2. The van der Waals surface area contributed by atoms with Crippen molar-refractivity contribution in [1.82, 2.24) is 10.6 Å². The van der Waals surface area contributed by atoms with Crippen LogP contribution in [0.4, 0.5) is 4.79 Å². The quantitative estimate of drug-likeness (QED) is 0.267. The lowest BCUT2D eigenvalue weighted by molar-refractivity contribution is -0.414. The fourth-order valence-corrected chi connectivity index (χ4v) is 1.21. The molecule has 0 heterocycles. The van der Waals surface area contributed by atoms with E-state index < -0.39 is 34.3 Å². The van der Waals surface area contributed by atoms with E-state index in [1.165, 1.54) is 0 Å². The number of nitrogens with one attached hydrogen (secondary N) is 3. The lowest BCUT2D eigenvalue weighted by Gasteiger charge is -2.22. The van der Waals surface area contributed by atoms with Gasteiger partial charge >= 0.3 is 17.8 Å². The molecule has 22 heavy (non-hydrogen) atoms. The molecule has 10 nitrogen and oxygen atoms in total. The highest BCUT2D eigenvalue weighted by Crippen LogP contribution is 2.06. The second kappa shape index (κ2) is 8.60. The predicted octanol–water partition coefficient (Wildman–Crippen LogP) is 0.410. The molecule has 0 aromatic carbocycles. The third-order valence-electron chi connectivity index (χ3n) is 2.11. The Balaban J connectivity index is 4.73. The van der Waals surface area contributed by atoms with Crippen LogP contribution >= 0.6 is 0 Å². The van der Waals surface area contributed by atoms with Crippen LogP contribution in [0.5, 0.6) is 0 Å². The average Bonchev–Trinajstić information content (AvgIpc) is 2.38. The molecule has 0 radical (unpaired) electrons. The zero-order valence-corrected chi connectivity index (χ0v) is 12.8. The topological polar surface area (TPSA) is 144 Å². The van der Waals surface area contributed by atoms with Crippen molar-refractivity contribution >= 4 is 18.3 Å². The Morgan fingerprint density at radius 1 is 1.41 bits per heavy atom. The third kappa shape index (κ3) is 7.82. The Kier molecular flexibility index (Phi) is 7.56. The van der Waals surface area contributed by atoms with Gasteiger partial charge in [0, 0.05) is 6.54 Å². The van der Waals surface area contributed by atoms with Gasteiger partial charge in [-0.1, -0.05) is 0 Å². The fourth-order valence-electron chi connectivity index (χ4n) is 1.21. The summed E-state index contributed by atoms with van der Waals surface area (Å²) in [5.41, 5.74) is -1.24. The van der Waals surface area contributed by atoms with E-state index in [-0.39, 0.29) is 6.54 Å². The van der Waals surface area contributed by atoms with Gasteiger partial charge < -0.3 is 25.5 Å². The van der Waals surface area contributed by atoms with Gasteiger partial charge in [0.15, 0.2) is 0 Å². The first-order valence-electron chi connectivity index (χ1n) is 6.26. The number of nitro groups is 1. The molecule has 1 amide bonds. The van der Waals surface area contributed by atoms with E-state index in [9.17, 15) is 19.7 Å². The second-order valence-corrected chi connectivity index (χ2v) is 5.10. The minimum atomic E-state index is -1.10. The van der Waals surface area contributed by atoms with Crippen LogP contribution in [0.15, 0.2) is 11.9 Å². The molecule has 0 unspecified atom stereocenters. The molecule has 124 valence electrons. The largest absolute Gasteiger partial charge is 0.467 e. The molecular weight excluding hydrogens is 296 g/mol. The first-order chi connectivity index (χ1) is 10.1. The maximum Gasteiger partial charge on any atom is 0.408 e. The van der Waals surface area contributed by atoms with E-state index in [4.69, 9.17) is 10.1 Å². The number of esters is 1. The monoisotopic (exact) mass is 316 g/mol. The number of methoxy groups -OCH3 is 1. The Labute approximate surface area is 127 Å². The fraction of sp³-hybridized carbons (Fsp3) is 0.583. The first-order valence-corrected chi connectivity index (χ1v) is 6.26. The zero-order valence-electron chi connectivity index (χ0n) is 12.8. The molecule has 0 aliphatic heterocycles. The number of amides is 1. The molecule has 0 spiro atoms. The highest BCUT2D eigenvalue weighted by molar-refractivity contribution is 5.81. The van der Waals surface area contributed by atoms with Crippen molar-refractivity contribution in [2.75, 3.05) is 13.7 Å². The van der Waals surface area contributed by atoms with Crippen molar-refractivity contribution in [3.63, 3.8) is 0 Å². The molecule has 10 heteroatoms. The molecule has 3 N–H and O–H groups in total. The summed E-state index contributed by atoms with van der Waals surface area (Å²) in [5, 5.41) is 22.1. The van der Waals surface area contributed by atoms with E-state index in [0.29, 0.717) is 6.21 Å². The smallest absolute Gasteiger partial charge is 0.408 e. The van der Waals surface area contributed by atoms with Gasteiger partial charge in [0.05, 0.1) is 24.4 Å². The van der Waals surface area contributed by atoms with Gasteiger partial charge in [-0.05, 0) is 20.8 Å². The van der Waals surface area contributed by atoms with Crippen LogP contribution in [0.1, 0.15) is 20.8 Å². The van der Waals surface area contributed by atoms with E-state index in [1.807, 2.05) is 0 Å². The average molecular weight is 316 g/mol. The molecule has 0 aliphatic rings. The van der Waals surface area contributed by atoms with Crippen molar-refractivity contribution in [3.8, 4) is 0 Å². The summed E-state index contributed by atoms with van der Waals surface area (Å²) in [7, 11) is 1.14. The van der Waals surface area contributed by atoms with Crippen molar-refractivity contribution in [2.24, 2.45) is 0 Å². The lowest BCUT2D eigenvalue weighted by atomic mass is 10.2. The standard InChI is InChI=1S/C12H20N4O6/c1-12(2,3)22-11(18)15-9(10(17)21-4)7-14-6-8(5-13)16(19)20/h5-6,9,13-14H,7H2,1-4H3,(H,15,18)/b8-6+,13-5?/t9-/m0/s1. The van der Waals surface area contributed by atoms with Crippen LogP contribution in [0.2, 0.25) is 0 Å². The Hall–Kier alpha value is -2.65. The summed E-state index contributed by atoms with van der Waals surface area (Å²) < 4.78 is 9.53. The lowest BCUT2D eigenvalue weighted by Crippen LogP contribution is -2.48. The normalized spacial score (nSPS) is 12.8. The summed E-state index contributed by atoms with van der Waals surface area (Å²) in [6, 6.07) is -1.10. The maximum atomic E-state index is 11.6. The van der Waals surface area contributed by atoms with Crippen molar-refractivity contribution in [2.45, 2.75) is 32.4 Å². The number of hydrogen-bond acceptors (Lipinski definition) is 8. The first kappa shape index (κ1) is 19.4. The number of nitrogens with zero attached hydrogens (tertiary/aromatic N) is 1. The van der Waals surface area contributed by atoms with Gasteiger partial charge in [-0.3, -0.25) is 10.1 Å².